The molecule has 0 spiro atoms. The molecule has 5 nitrogen and oxygen atoms in total. The van der Waals surface area contributed by atoms with Crippen LogP contribution in [0, 0.1) is 11.3 Å². The van der Waals surface area contributed by atoms with Gasteiger partial charge in [-0.3, -0.25) is 0 Å². The zero-order chi connectivity index (χ0) is 14.9. The molecule has 2 rings (SSSR count). The van der Waals surface area contributed by atoms with Crippen molar-refractivity contribution >= 4 is 49.2 Å². The van der Waals surface area contributed by atoms with Gasteiger partial charge in [-0.15, -0.1) is 0 Å². The molecule has 20 heavy (non-hydrogen) atoms. The van der Waals surface area contributed by atoms with Gasteiger partial charge in [-0.05, 0) is 12.1 Å². The summed E-state index contributed by atoms with van der Waals surface area (Å²) in [6.07, 6.45) is 0. The van der Waals surface area contributed by atoms with Crippen LogP contribution in [0.1, 0.15) is 0 Å². The van der Waals surface area contributed by atoms with Gasteiger partial charge >= 0.3 is 0 Å². The third-order valence-electron chi connectivity index (χ3n) is 2.87. The van der Waals surface area contributed by atoms with Crippen LogP contribution >= 0.6 is 39.1 Å². The lowest BCUT2D eigenvalue weighted by molar-refractivity contribution is 0.312. The zero-order valence-electron chi connectivity index (χ0n) is 10.1. The van der Waals surface area contributed by atoms with Gasteiger partial charge in [0, 0.05) is 24.1 Å². The summed E-state index contributed by atoms with van der Waals surface area (Å²) in [5.41, 5.74) is 0. The van der Waals surface area contributed by atoms with Crippen LogP contribution in [-0.4, -0.2) is 38.4 Å². The van der Waals surface area contributed by atoms with Gasteiger partial charge in [-0.25, -0.2) is 8.42 Å². The van der Waals surface area contributed by atoms with Gasteiger partial charge in [0.2, 0.25) is 10.0 Å². The van der Waals surface area contributed by atoms with Crippen LogP contribution in [0.2, 0.25) is 10.0 Å². The highest BCUT2D eigenvalue weighted by Crippen LogP contribution is 2.35. The van der Waals surface area contributed by atoms with Crippen LogP contribution in [-0.2, 0) is 10.0 Å². The summed E-state index contributed by atoms with van der Waals surface area (Å²) in [4.78, 5) is -0.161. The third-order valence-corrected chi connectivity index (χ3v) is 6.16. The van der Waals surface area contributed by atoms with Crippen molar-refractivity contribution in [3.8, 4) is 6.07 Å². The molecule has 0 amide bonds. The average Bonchev–Trinajstić information content (AvgIpc) is 2.37. The number of hydrogen-bond donors (Lipinski definition) is 1. The van der Waals surface area contributed by atoms with Crippen LogP contribution in [0.15, 0.2) is 21.5 Å². The summed E-state index contributed by atoms with van der Waals surface area (Å²) in [6, 6.07) is 4.12. The molecule has 108 valence electrons. The Morgan fingerprint density at radius 1 is 1.40 bits per heavy atom. The molecule has 0 bridgehead atoms. The van der Waals surface area contributed by atoms with E-state index in [0.29, 0.717) is 11.0 Å². The van der Waals surface area contributed by atoms with Crippen LogP contribution in [0.5, 0.6) is 0 Å². The van der Waals surface area contributed by atoms with E-state index in [9.17, 15) is 8.42 Å². The maximum Gasteiger partial charge on any atom is 0.247 e. The van der Waals surface area contributed by atoms with Crippen molar-refractivity contribution in [3.63, 3.8) is 0 Å². The van der Waals surface area contributed by atoms with Gasteiger partial charge in [0.05, 0.1) is 16.1 Å². The number of halogens is 3. The van der Waals surface area contributed by atoms with E-state index in [4.69, 9.17) is 28.5 Å². The van der Waals surface area contributed by atoms with Crippen molar-refractivity contribution in [2.75, 3.05) is 19.6 Å². The number of sulfonamides is 1. The minimum absolute atomic E-state index is 0.0274. The topological polar surface area (TPSA) is 73.2 Å². The van der Waals surface area contributed by atoms with E-state index >= 15 is 0 Å². The summed E-state index contributed by atoms with van der Waals surface area (Å²) in [7, 11) is -3.92. The molecule has 0 aliphatic carbocycles. The Labute approximate surface area is 135 Å². The van der Waals surface area contributed by atoms with Gasteiger partial charge in [0.1, 0.15) is 10.9 Å². The van der Waals surface area contributed by atoms with E-state index < -0.39 is 16.1 Å². The summed E-state index contributed by atoms with van der Waals surface area (Å²) in [5, 5.41) is 12.1. The second kappa shape index (κ2) is 6.18. The summed E-state index contributed by atoms with van der Waals surface area (Å²) in [6.45, 7) is 0.952. The van der Waals surface area contributed by atoms with Gasteiger partial charge in [-0.1, -0.05) is 39.1 Å². The van der Waals surface area contributed by atoms with Crippen molar-refractivity contribution in [1.29, 1.82) is 5.26 Å². The summed E-state index contributed by atoms with van der Waals surface area (Å²) < 4.78 is 27.1. The third kappa shape index (κ3) is 2.96. The molecule has 1 aromatic rings. The second-order valence-corrected chi connectivity index (χ2v) is 7.72. The van der Waals surface area contributed by atoms with Crippen molar-refractivity contribution in [3.05, 3.63) is 26.7 Å². The minimum Gasteiger partial charge on any atom is -0.313 e. The maximum absolute atomic E-state index is 12.7. The van der Waals surface area contributed by atoms with Gasteiger partial charge < -0.3 is 5.32 Å². The van der Waals surface area contributed by atoms with E-state index in [-0.39, 0.29) is 28.0 Å². The first-order valence-corrected chi connectivity index (χ1v) is 8.63. The predicted octanol–water partition coefficient (Wildman–Crippen LogP) is 2.24. The molecule has 1 heterocycles. The SMILES string of the molecule is N#CC1CNCCN1S(=O)(=O)c1c(Cl)cc(Br)cc1Cl. The normalized spacial score (nSPS) is 20.6. The largest absolute Gasteiger partial charge is 0.313 e. The molecule has 1 aliphatic heterocycles. The molecule has 0 radical (unpaired) electrons. The number of nitrogens with one attached hydrogen (secondary N) is 1. The lowest BCUT2D eigenvalue weighted by Crippen LogP contribution is -2.52. The first-order chi connectivity index (χ1) is 9.37. The molecular formula is C11H10BrCl2N3O2S. The lowest BCUT2D eigenvalue weighted by Gasteiger charge is -2.31. The number of nitriles is 1. The molecule has 1 N–H and O–H groups in total. The highest BCUT2D eigenvalue weighted by Gasteiger charge is 2.36. The van der Waals surface area contributed by atoms with Gasteiger partial charge in [0.25, 0.3) is 0 Å². The summed E-state index contributed by atoms with van der Waals surface area (Å²) >= 11 is 15.2. The number of rotatable bonds is 2. The fourth-order valence-electron chi connectivity index (χ4n) is 1.98. The molecular weight excluding hydrogens is 389 g/mol. The van der Waals surface area contributed by atoms with E-state index in [1.54, 1.807) is 0 Å². The Hall–Kier alpha value is -0.360. The highest BCUT2D eigenvalue weighted by molar-refractivity contribution is 9.10. The Morgan fingerprint density at radius 2 is 2.00 bits per heavy atom. The molecule has 1 saturated heterocycles. The van der Waals surface area contributed by atoms with Crippen molar-refractivity contribution < 1.29 is 8.42 Å². The number of hydrogen-bond acceptors (Lipinski definition) is 4. The zero-order valence-corrected chi connectivity index (χ0v) is 14.0. The van der Waals surface area contributed by atoms with Gasteiger partial charge in [-0.2, -0.15) is 9.57 Å². The number of nitrogens with zero attached hydrogens (tertiary/aromatic N) is 2. The Bertz CT molecular complexity index is 652. The Kier molecular flexibility index (Phi) is 4.95. The average molecular weight is 399 g/mol. The van der Waals surface area contributed by atoms with Gasteiger partial charge in [0.15, 0.2) is 0 Å². The predicted molar refractivity (Wildman–Crippen MR) is 80.3 cm³/mol. The molecule has 0 aromatic heterocycles. The van der Waals surface area contributed by atoms with Crippen LogP contribution < -0.4 is 5.32 Å². The van der Waals surface area contributed by atoms with E-state index in [0.717, 1.165) is 4.31 Å². The minimum atomic E-state index is -3.92. The maximum atomic E-state index is 12.7. The molecule has 9 heteroatoms. The number of piperazine rings is 1. The number of benzene rings is 1. The molecule has 1 aliphatic rings. The fourth-order valence-corrected chi connectivity index (χ4v) is 5.40. The summed E-state index contributed by atoms with van der Waals surface area (Å²) in [5.74, 6) is 0. The smallest absolute Gasteiger partial charge is 0.247 e. The molecule has 0 saturated carbocycles. The van der Waals surface area contributed by atoms with E-state index in [1.165, 1.54) is 12.1 Å². The van der Waals surface area contributed by atoms with E-state index in [2.05, 4.69) is 21.2 Å². The quantitative estimate of drug-likeness (QED) is 0.828. The highest BCUT2D eigenvalue weighted by atomic mass is 79.9. The molecule has 1 unspecified atom stereocenters. The van der Waals surface area contributed by atoms with Crippen LogP contribution in [0.4, 0.5) is 0 Å². The molecule has 1 atom stereocenters. The molecule has 1 aromatic carbocycles. The van der Waals surface area contributed by atoms with Crippen molar-refractivity contribution in [1.82, 2.24) is 9.62 Å². The first kappa shape index (κ1) is 16.0. The van der Waals surface area contributed by atoms with Crippen LogP contribution in [0.3, 0.4) is 0 Å². The monoisotopic (exact) mass is 397 g/mol. The standard InChI is InChI=1S/C11H10BrCl2N3O2S/c12-7-3-9(13)11(10(14)4-7)20(18,19)17-2-1-16-6-8(17)5-15/h3-4,8,16H,1-2,6H2. The Morgan fingerprint density at radius 3 is 2.55 bits per heavy atom. The first-order valence-electron chi connectivity index (χ1n) is 5.64. The Balaban J connectivity index is 2.53. The fraction of sp³-hybridized carbons (Fsp3) is 0.364. The molecule has 1 fully saturated rings. The second-order valence-electron chi connectivity index (χ2n) is 4.16. The van der Waals surface area contributed by atoms with Crippen LogP contribution in [0.25, 0.3) is 0 Å². The van der Waals surface area contributed by atoms with Crippen molar-refractivity contribution in [2.45, 2.75) is 10.9 Å². The van der Waals surface area contributed by atoms with E-state index in [1.807, 2.05) is 6.07 Å². The lowest BCUT2D eigenvalue weighted by atomic mass is 10.3. The van der Waals surface area contributed by atoms with Crippen molar-refractivity contribution in [2.24, 2.45) is 0 Å².